The number of amides is 1. The number of hydrogen-bond acceptors (Lipinski definition) is 7. The summed E-state index contributed by atoms with van der Waals surface area (Å²) in [5.74, 6) is 1.54. The van der Waals surface area contributed by atoms with Crippen molar-refractivity contribution in [2.24, 2.45) is 5.73 Å². The van der Waals surface area contributed by atoms with E-state index in [0.717, 1.165) is 40.8 Å². The lowest BCUT2D eigenvalue weighted by molar-refractivity contribution is -0.127. The van der Waals surface area contributed by atoms with Crippen molar-refractivity contribution in [1.82, 2.24) is 20.1 Å². The Hall–Kier alpha value is -4.68. The number of nitriles is 1. The highest BCUT2D eigenvalue weighted by atomic mass is 16.5. The number of anilines is 1. The van der Waals surface area contributed by atoms with Crippen LogP contribution >= 0.6 is 0 Å². The number of pyridine rings is 1. The van der Waals surface area contributed by atoms with Crippen molar-refractivity contribution < 1.29 is 9.53 Å². The zero-order chi connectivity index (χ0) is 27.6. The standard InChI is InChI=1S/C30H31N7O2/c1-30(2,33)17-20(18-31)29(38)37-14-6-7-22(37)15-21-16-25-26(28(32)36-35-25)27(34-21)19-10-12-24(13-11-19)39-23-8-4-3-5-9-23/h3-5,8-13,16-17,22H,6-7,14-15,33H2,1-2H3,(H3,32,35,36). The van der Waals surface area contributed by atoms with E-state index in [9.17, 15) is 10.1 Å². The van der Waals surface area contributed by atoms with E-state index in [2.05, 4.69) is 10.2 Å². The molecule has 9 heteroatoms. The first-order valence-corrected chi connectivity index (χ1v) is 12.9. The largest absolute Gasteiger partial charge is 0.457 e. The predicted octanol–water partition coefficient (Wildman–Crippen LogP) is 4.72. The van der Waals surface area contributed by atoms with Gasteiger partial charge in [0.2, 0.25) is 0 Å². The number of hydrogen-bond donors (Lipinski definition) is 3. The Kier molecular flexibility index (Phi) is 7.05. The van der Waals surface area contributed by atoms with Crippen molar-refractivity contribution in [1.29, 1.82) is 5.26 Å². The van der Waals surface area contributed by atoms with Crippen LogP contribution in [0.5, 0.6) is 11.5 Å². The second-order valence-electron chi connectivity index (χ2n) is 10.4. The van der Waals surface area contributed by atoms with Gasteiger partial charge in [-0.15, -0.1) is 0 Å². The Bertz CT molecular complexity index is 1560. The number of likely N-dealkylation sites (tertiary alicyclic amines) is 1. The molecule has 5 rings (SSSR count). The van der Waals surface area contributed by atoms with E-state index in [1.54, 1.807) is 18.7 Å². The first kappa shape index (κ1) is 25.9. The second kappa shape index (κ2) is 10.6. The van der Waals surface area contributed by atoms with Crippen LogP contribution in [0.1, 0.15) is 32.4 Å². The fourth-order valence-corrected chi connectivity index (χ4v) is 4.97. The summed E-state index contributed by atoms with van der Waals surface area (Å²) in [6.45, 7) is 4.11. The molecular weight excluding hydrogens is 490 g/mol. The fraction of sp³-hybridized carbons (Fsp3) is 0.267. The lowest BCUT2D eigenvalue weighted by Gasteiger charge is -2.25. The maximum absolute atomic E-state index is 13.2. The van der Waals surface area contributed by atoms with E-state index in [4.69, 9.17) is 21.2 Å². The van der Waals surface area contributed by atoms with Gasteiger partial charge < -0.3 is 21.1 Å². The average Bonchev–Trinajstić information content (AvgIpc) is 3.53. The van der Waals surface area contributed by atoms with Gasteiger partial charge in [0.05, 0.1) is 16.6 Å². The molecule has 9 nitrogen and oxygen atoms in total. The molecule has 0 saturated carbocycles. The van der Waals surface area contributed by atoms with E-state index in [1.165, 1.54) is 6.08 Å². The van der Waals surface area contributed by atoms with Gasteiger partial charge >= 0.3 is 0 Å². The van der Waals surface area contributed by atoms with Gasteiger partial charge in [-0.25, -0.2) is 0 Å². The number of rotatable bonds is 7. The minimum Gasteiger partial charge on any atom is -0.457 e. The summed E-state index contributed by atoms with van der Waals surface area (Å²) in [6, 6.07) is 21.1. The summed E-state index contributed by atoms with van der Waals surface area (Å²) in [6.07, 6.45) is 3.75. The molecule has 1 unspecified atom stereocenters. The number of nitrogens with zero attached hydrogens (tertiary/aromatic N) is 4. The van der Waals surface area contributed by atoms with Gasteiger partial charge in [0.15, 0.2) is 5.82 Å². The molecule has 0 aliphatic carbocycles. The molecule has 198 valence electrons. The van der Waals surface area contributed by atoms with Crippen molar-refractivity contribution >= 4 is 22.6 Å². The third kappa shape index (κ3) is 5.76. The molecule has 2 aromatic heterocycles. The number of para-hydroxylation sites is 1. The number of aromatic amines is 1. The summed E-state index contributed by atoms with van der Waals surface area (Å²) in [5, 5.41) is 17.6. The van der Waals surface area contributed by atoms with Gasteiger partial charge in [0.25, 0.3) is 5.91 Å². The van der Waals surface area contributed by atoms with Crippen molar-refractivity contribution in [2.45, 2.75) is 44.7 Å². The molecule has 1 amide bonds. The van der Waals surface area contributed by atoms with Crippen LogP contribution in [0.3, 0.4) is 0 Å². The number of carbonyl (C=O) groups is 1. The summed E-state index contributed by atoms with van der Waals surface area (Å²) < 4.78 is 5.93. The van der Waals surface area contributed by atoms with Gasteiger partial charge in [-0.05, 0) is 75.2 Å². The molecule has 0 radical (unpaired) electrons. The number of H-pyrrole nitrogens is 1. The second-order valence-corrected chi connectivity index (χ2v) is 10.4. The lowest BCUT2D eigenvalue weighted by Crippen LogP contribution is -2.39. The van der Waals surface area contributed by atoms with E-state index in [1.807, 2.05) is 66.7 Å². The summed E-state index contributed by atoms with van der Waals surface area (Å²) in [4.78, 5) is 20.0. The number of nitrogens with one attached hydrogen (secondary N) is 1. The summed E-state index contributed by atoms with van der Waals surface area (Å²) in [5.41, 5.74) is 14.7. The van der Waals surface area contributed by atoms with Gasteiger partial charge in [-0.1, -0.05) is 18.2 Å². The Labute approximate surface area is 227 Å². The summed E-state index contributed by atoms with van der Waals surface area (Å²) in [7, 11) is 0. The molecule has 2 aromatic carbocycles. The van der Waals surface area contributed by atoms with Crippen molar-refractivity contribution in [3.8, 4) is 28.8 Å². The van der Waals surface area contributed by atoms with Crippen LogP contribution in [0.4, 0.5) is 5.82 Å². The minimum atomic E-state index is -0.764. The molecule has 0 spiro atoms. The van der Waals surface area contributed by atoms with E-state index in [0.29, 0.717) is 30.2 Å². The molecule has 3 heterocycles. The van der Waals surface area contributed by atoms with Crippen LogP contribution in [-0.4, -0.2) is 44.1 Å². The molecular formula is C30H31N7O2. The number of carbonyl (C=O) groups excluding carboxylic acids is 1. The molecule has 1 aliphatic heterocycles. The monoisotopic (exact) mass is 521 g/mol. The van der Waals surface area contributed by atoms with E-state index < -0.39 is 5.54 Å². The molecule has 5 N–H and O–H groups in total. The van der Waals surface area contributed by atoms with Gasteiger partial charge in [-0.3, -0.25) is 14.9 Å². The highest BCUT2D eigenvalue weighted by Crippen LogP contribution is 2.33. The normalized spacial score (nSPS) is 15.9. The number of benzene rings is 2. The number of fused-ring (bicyclic) bond motifs is 1. The molecule has 1 aliphatic rings. The van der Waals surface area contributed by atoms with E-state index in [-0.39, 0.29) is 17.5 Å². The highest BCUT2D eigenvalue weighted by molar-refractivity contribution is 6.00. The Morgan fingerprint density at radius 2 is 1.92 bits per heavy atom. The van der Waals surface area contributed by atoms with Crippen LogP contribution in [0.25, 0.3) is 22.2 Å². The zero-order valence-electron chi connectivity index (χ0n) is 22.0. The Balaban J connectivity index is 1.43. The average molecular weight is 522 g/mol. The maximum Gasteiger partial charge on any atom is 0.264 e. The van der Waals surface area contributed by atoms with Crippen LogP contribution in [-0.2, 0) is 11.2 Å². The third-order valence-electron chi connectivity index (χ3n) is 6.68. The Morgan fingerprint density at radius 3 is 2.62 bits per heavy atom. The van der Waals surface area contributed by atoms with Crippen LogP contribution in [0, 0.1) is 11.3 Å². The maximum atomic E-state index is 13.2. The SMILES string of the molecule is CC(C)(N)C=C(C#N)C(=O)N1CCCC1Cc1cc2[nH]nc(N)c2c(-c2ccc(Oc3ccccc3)cc2)n1. The third-order valence-corrected chi connectivity index (χ3v) is 6.68. The van der Waals surface area contributed by atoms with Crippen molar-refractivity contribution in [3.05, 3.63) is 78.0 Å². The van der Waals surface area contributed by atoms with Crippen molar-refractivity contribution in [2.75, 3.05) is 12.3 Å². The lowest BCUT2D eigenvalue weighted by atomic mass is 10.0. The quantitative estimate of drug-likeness (QED) is 0.235. The summed E-state index contributed by atoms with van der Waals surface area (Å²) >= 11 is 0. The first-order chi connectivity index (χ1) is 18.7. The Morgan fingerprint density at radius 1 is 1.21 bits per heavy atom. The van der Waals surface area contributed by atoms with Gasteiger partial charge in [0, 0.05) is 35.8 Å². The predicted molar refractivity (Wildman–Crippen MR) is 151 cm³/mol. The molecule has 4 aromatic rings. The number of nitrogens with two attached hydrogens (primary N) is 2. The zero-order valence-corrected chi connectivity index (χ0v) is 22.0. The van der Waals surface area contributed by atoms with Crippen molar-refractivity contribution in [3.63, 3.8) is 0 Å². The van der Waals surface area contributed by atoms with Gasteiger partial charge in [-0.2, -0.15) is 10.4 Å². The number of aromatic nitrogens is 3. The molecule has 1 saturated heterocycles. The molecule has 0 bridgehead atoms. The van der Waals surface area contributed by atoms with E-state index >= 15 is 0 Å². The smallest absolute Gasteiger partial charge is 0.264 e. The molecule has 1 atom stereocenters. The van der Waals surface area contributed by atoms with Crippen LogP contribution < -0.4 is 16.2 Å². The van der Waals surface area contributed by atoms with Crippen LogP contribution in [0.2, 0.25) is 0 Å². The topological polar surface area (TPSA) is 147 Å². The number of nitrogen functional groups attached to an aromatic ring is 1. The molecule has 1 fully saturated rings. The van der Waals surface area contributed by atoms with Crippen LogP contribution in [0.15, 0.2) is 72.3 Å². The first-order valence-electron chi connectivity index (χ1n) is 12.9. The van der Waals surface area contributed by atoms with Gasteiger partial charge in [0.1, 0.15) is 23.1 Å². The molecule has 39 heavy (non-hydrogen) atoms. The fourth-order valence-electron chi connectivity index (χ4n) is 4.97. The highest BCUT2D eigenvalue weighted by Gasteiger charge is 2.32. The number of ether oxygens (including phenoxy) is 1. The minimum absolute atomic E-state index is 0.0673.